The fraction of sp³-hybridized carbons (Fsp3) is 0.333. The van der Waals surface area contributed by atoms with Gasteiger partial charge in [0.2, 0.25) is 0 Å². The standard InChI is InChI=1S/C21H20N4O4/c1-28-16-4-2-14(3-5-16)17-19(27)25-10-8-21(20(25)23-22-17)7-9-24(13-21)18(26)15-6-11-29-12-15/h2-6,11-12H,7-10,13H2,1H3/t21-/m0/s1. The predicted molar refractivity (Wildman–Crippen MR) is 104 cm³/mol. The number of aromatic nitrogens is 3. The van der Waals surface area contributed by atoms with Crippen LogP contribution in [0.15, 0.2) is 52.1 Å². The van der Waals surface area contributed by atoms with E-state index in [1.54, 1.807) is 29.9 Å². The molecule has 29 heavy (non-hydrogen) atoms. The molecular formula is C21H20N4O4. The maximum atomic E-state index is 13.1. The van der Waals surface area contributed by atoms with Crippen LogP contribution in [0.5, 0.6) is 5.75 Å². The number of hydrogen-bond acceptors (Lipinski definition) is 6. The monoisotopic (exact) mass is 392 g/mol. The topological polar surface area (TPSA) is 90.5 Å². The van der Waals surface area contributed by atoms with Gasteiger partial charge in [0.15, 0.2) is 5.69 Å². The number of benzene rings is 1. The van der Waals surface area contributed by atoms with Crippen molar-refractivity contribution in [2.45, 2.75) is 24.8 Å². The summed E-state index contributed by atoms with van der Waals surface area (Å²) in [6.45, 7) is 1.74. The molecule has 1 spiro atoms. The number of rotatable bonds is 3. The number of fused-ring (bicyclic) bond motifs is 2. The van der Waals surface area contributed by atoms with E-state index < -0.39 is 0 Å². The van der Waals surface area contributed by atoms with Gasteiger partial charge in [-0.15, -0.1) is 10.2 Å². The minimum atomic E-state index is -0.315. The van der Waals surface area contributed by atoms with Crippen molar-refractivity contribution in [2.75, 3.05) is 20.2 Å². The maximum Gasteiger partial charge on any atom is 0.280 e. The number of carbonyl (C=O) groups is 1. The van der Waals surface area contributed by atoms with E-state index in [9.17, 15) is 9.59 Å². The molecule has 3 aromatic rings. The summed E-state index contributed by atoms with van der Waals surface area (Å²) in [6, 6.07) is 8.88. The average Bonchev–Trinajstić information content (AvgIpc) is 3.50. The molecule has 4 heterocycles. The van der Waals surface area contributed by atoms with E-state index in [0.29, 0.717) is 42.3 Å². The van der Waals surface area contributed by atoms with Crippen molar-refractivity contribution < 1.29 is 13.9 Å². The van der Waals surface area contributed by atoms with Crippen LogP contribution in [0.2, 0.25) is 0 Å². The maximum absolute atomic E-state index is 13.1. The van der Waals surface area contributed by atoms with Crippen molar-refractivity contribution in [2.24, 2.45) is 0 Å². The first-order chi connectivity index (χ1) is 14.1. The van der Waals surface area contributed by atoms with E-state index in [-0.39, 0.29) is 16.9 Å². The molecule has 0 aliphatic carbocycles. The lowest BCUT2D eigenvalue weighted by Gasteiger charge is -2.22. The molecule has 1 saturated heterocycles. The summed E-state index contributed by atoms with van der Waals surface area (Å²) in [5.41, 5.74) is 1.12. The first-order valence-corrected chi connectivity index (χ1v) is 9.55. The molecule has 0 saturated carbocycles. The van der Waals surface area contributed by atoms with Crippen LogP contribution in [-0.4, -0.2) is 45.8 Å². The SMILES string of the molecule is COc1ccc(-c2nnc3n(c2=O)CC[C@]32CCN(C(=O)c3ccoc3)C2)cc1. The zero-order valence-electron chi connectivity index (χ0n) is 16.0. The number of amides is 1. The van der Waals surface area contributed by atoms with E-state index in [1.165, 1.54) is 12.5 Å². The summed E-state index contributed by atoms with van der Waals surface area (Å²) in [5, 5.41) is 8.73. The lowest BCUT2D eigenvalue weighted by molar-refractivity contribution is 0.0782. The highest BCUT2D eigenvalue weighted by molar-refractivity contribution is 5.94. The van der Waals surface area contributed by atoms with Crippen LogP contribution in [0.1, 0.15) is 29.0 Å². The summed E-state index contributed by atoms with van der Waals surface area (Å²) in [5.74, 6) is 1.34. The predicted octanol–water partition coefficient (Wildman–Crippen LogP) is 2.09. The normalized spacial score (nSPS) is 20.2. The van der Waals surface area contributed by atoms with Crippen LogP contribution in [0, 0.1) is 0 Å². The number of hydrogen-bond donors (Lipinski definition) is 0. The lowest BCUT2D eigenvalue weighted by atomic mass is 9.85. The summed E-state index contributed by atoms with van der Waals surface area (Å²) in [6.07, 6.45) is 4.50. The number of nitrogens with zero attached hydrogens (tertiary/aromatic N) is 4. The average molecular weight is 392 g/mol. The molecular weight excluding hydrogens is 372 g/mol. The third-order valence-corrected chi connectivity index (χ3v) is 6.01. The zero-order valence-corrected chi connectivity index (χ0v) is 16.0. The number of likely N-dealkylation sites (tertiary alicyclic amines) is 1. The van der Waals surface area contributed by atoms with Crippen molar-refractivity contribution >= 4 is 5.91 Å². The lowest BCUT2D eigenvalue weighted by Crippen LogP contribution is -2.35. The van der Waals surface area contributed by atoms with Crippen molar-refractivity contribution in [1.29, 1.82) is 0 Å². The van der Waals surface area contributed by atoms with Crippen molar-refractivity contribution in [3.8, 4) is 17.0 Å². The highest BCUT2D eigenvalue weighted by Gasteiger charge is 2.48. The molecule has 8 nitrogen and oxygen atoms in total. The molecule has 1 aromatic carbocycles. The third kappa shape index (κ3) is 2.74. The summed E-state index contributed by atoms with van der Waals surface area (Å²) < 4.78 is 11.9. The van der Waals surface area contributed by atoms with Crippen molar-refractivity contribution in [3.63, 3.8) is 0 Å². The second-order valence-electron chi connectivity index (χ2n) is 7.58. The van der Waals surface area contributed by atoms with Crippen LogP contribution >= 0.6 is 0 Å². The van der Waals surface area contributed by atoms with Crippen LogP contribution in [0.25, 0.3) is 11.3 Å². The molecule has 0 bridgehead atoms. The molecule has 5 rings (SSSR count). The van der Waals surface area contributed by atoms with Crippen LogP contribution in [0.4, 0.5) is 0 Å². The Morgan fingerprint density at radius 1 is 1.14 bits per heavy atom. The highest BCUT2D eigenvalue weighted by Crippen LogP contribution is 2.41. The molecule has 0 radical (unpaired) electrons. The molecule has 2 aromatic heterocycles. The molecule has 2 aliphatic heterocycles. The fourth-order valence-corrected chi connectivity index (χ4v) is 4.39. The van der Waals surface area contributed by atoms with Gasteiger partial charge in [-0.1, -0.05) is 0 Å². The molecule has 1 amide bonds. The van der Waals surface area contributed by atoms with Crippen molar-refractivity contribution in [3.05, 3.63) is 64.6 Å². The van der Waals surface area contributed by atoms with E-state index in [1.807, 2.05) is 17.0 Å². The highest BCUT2D eigenvalue weighted by atomic mass is 16.5. The number of carbonyl (C=O) groups excluding carboxylic acids is 1. The third-order valence-electron chi connectivity index (χ3n) is 6.01. The van der Waals surface area contributed by atoms with E-state index in [2.05, 4.69) is 10.2 Å². The van der Waals surface area contributed by atoms with E-state index in [0.717, 1.165) is 18.6 Å². The van der Waals surface area contributed by atoms with Gasteiger partial charge in [0.05, 0.1) is 24.4 Å². The Labute approximate surface area is 166 Å². The van der Waals surface area contributed by atoms with Gasteiger partial charge in [0.25, 0.3) is 11.5 Å². The van der Waals surface area contributed by atoms with E-state index >= 15 is 0 Å². The smallest absolute Gasteiger partial charge is 0.280 e. The van der Waals surface area contributed by atoms with Crippen LogP contribution in [0.3, 0.4) is 0 Å². The number of ether oxygens (including phenoxy) is 1. The van der Waals surface area contributed by atoms with Gasteiger partial charge in [-0.2, -0.15) is 0 Å². The summed E-state index contributed by atoms with van der Waals surface area (Å²) >= 11 is 0. The number of methoxy groups -OCH3 is 1. The minimum absolute atomic E-state index is 0.0563. The van der Waals surface area contributed by atoms with Gasteiger partial charge in [-0.05, 0) is 43.2 Å². The Hall–Kier alpha value is -3.42. The molecule has 1 atom stereocenters. The molecule has 148 valence electrons. The molecule has 0 unspecified atom stereocenters. The Kier molecular flexibility index (Phi) is 4.01. The Bertz CT molecular complexity index is 1120. The fourth-order valence-electron chi connectivity index (χ4n) is 4.39. The summed E-state index contributed by atoms with van der Waals surface area (Å²) in [7, 11) is 1.60. The van der Waals surface area contributed by atoms with Gasteiger partial charge in [0, 0.05) is 25.2 Å². The second kappa shape index (κ2) is 6.58. The Morgan fingerprint density at radius 3 is 2.66 bits per heavy atom. The van der Waals surface area contributed by atoms with Gasteiger partial charge in [-0.25, -0.2) is 0 Å². The molecule has 1 fully saturated rings. The largest absolute Gasteiger partial charge is 0.497 e. The van der Waals surface area contributed by atoms with Gasteiger partial charge >= 0.3 is 0 Å². The van der Waals surface area contributed by atoms with Crippen molar-refractivity contribution in [1.82, 2.24) is 19.7 Å². The van der Waals surface area contributed by atoms with Gasteiger partial charge in [-0.3, -0.25) is 14.2 Å². The second-order valence-corrected chi connectivity index (χ2v) is 7.58. The zero-order chi connectivity index (χ0) is 20.0. The quantitative estimate of drug-likeness (QED) is 0.678. The van der Waals surface area contributed by atoms with Crippen LogP contribution in [-0.2, 0) is 12.0 Å². The number of furan rings is 1. The molecule has 2 aliphatic rings. The molecule has 8 heteroatoms. The summed E-state index contributed by atoms with van der Waals surface area (Å²) in [4.78, 5) is 27.6. The Balaban J connectivity index is 1.45. The van der Waals surface area contributed by atoms with E-state index in [4.69, 9.17) is 9.15 Å². The minimum Gasteiger partial charge on any atom is -0.497 e. The first-order valence-electron chi connectivity index (χ1n) is 9.55. The Morgan fingerprint density at radius 2 is 1.93 bits per heavy atom. The van der Waals surface area contributed by atoms with Gasteiger partial charge in [0.1, 0.15) is 17.8 Å². The molecule has 0 N–H and O–H groups in total. The van der Waals surface area contributed by atoms with Gasteiger partial charge < -0.3 is 14.1 Å². The van der Waals surface area contributed by atoms with Crippen LogP contribution < -0.4 is 10.3 Å². The first kappa shape index (κ1) is 17.7.